The Morgan fingerprint density at radius 2 is 1.16 bits per heavy atom. The normalized spacial score (nSPS) is 12.4. The highest BCUT2D eigenvalue weighted by Gasteiger charge is 2.43. The Kier molecular flexibility index (Phi) is 12.0. The predicted molar refractivity (Wildman–Crippen MR) is 139 cm³/mol. The number of halogens is 1. The summed E-state index contributed by atoms with van der Waals surface area (Å²) in [5.74, 6) is 0. The number of aliphatic hydroxyl groups excluding tert-OH is 1. The summed E-state index contributed by atoms with van der Waals surface area (Å²) >= 11 is 0. The van der Waals surface area contributed by atoms with Crippen molar-refractivity contribution < 1.29 is 22.1 Å². The van der Waals surface area contributed by atoms with Gasteiger partial charge in [0, 0.05) is 0 Å². The van der Waals surface area contributed by atoms with E-state index >= 15 is 0 Å². The Hall–Kier alpha value is -1.73. The molecule has 32 heavy (non-hydrogen) atoms. The summed E-state index contributed by atoms with van der Waals surface area (Å²) < 4.78 is 0. The van der Waals surface area contributed by atoms with E-state index in [0.717, 1.165) is 25.4 Å². The number of hydrogen-bond donors (Lipinski definition) is 1. The number of unbranched alkanes of at least 4 members (excludes halogenated alkanes) is 3. The Bertz CT molecular complexity index is 800. The molecule has 0 bridgehead atoms. The molecule has 0 aliphatic rings. The average Bonchev–Trinajstić information content (AvgIpc) is 2.84. The van der Waals surface area contributed by atoms with E-state index in [1.807, 2.05) is 0 Å². The van der Waals surface area contributed by atoms with Gasteiger partial charge in [-0.3, -0.25) is 0 Å². The zero-order valence-corrected chi connectivity index (χ0v) is 21.6. The van der Waals surface area contributed by atoms with Crippen LogP contribution in [0.1, 0.15) is 45.4 Å². The monoisotopic (exact) mass is 510 g/mol. The summed E-state index contributed by atoms with van der Waals surface area (Å²) in [6, 6.07) is 32.9. The molecule has 3 rings (SSSR count). The largest absolute Gasteiger partial charge is 1.00 e. The molecule has 0 amide bonds. The fourth-order valence-electron chi connectivity index (χ4n) is 4.22. The Balaban J connectivity index is 0.00000363. The maximum absolute atomic E-state index is 10.4. The Morgan fingerprint density at radius 3 is 1.59 bits per heavy atom. The van der Waals surface area contributed by atoms with E-state index in [4.69, 9.17) is 0 Å². The first kappa shape index (κ1) is 26.5. The first-order valence-corrected chi connectivity index (χ1v) is 13.6. The topological polar surface area (TPSA) is 20.2 Å². The van der Waals surface area contributed by atoms with Gasteiger partial charge in [0.1, 0.15) is 23.2 Å². The number of rotatable bonds is 12. The molecular formula is C29H36BrOP. The first-order valence-electron chi connectivity index (χ1n) is 11.7. The minimum atomic E-state index is -1.81. The lowest BCUT2D eigenvalue weighted by Crippen LogP contribution is -3.00. The van der Waals surface area contributed by atoms with Gasteiger partial charge in [0.15, 0.2) is 0 Å². The standard InChI is InChI=1S/C29H36OP.BrH/c1-2-3-4-8-17-26(30)18-15-16-25-31(27-19-9-5-10-20-27,28-21-11-6-12-22-28)29-23-13-7-14-24-29;/h5-7,9-16,19-24,26,30H,2-4,8,17-18,25H2,1H3;1H/q+1;/p-1/t26-;/m1./s1. The molecular weight excluding hydrogens is 475 g/mol. The fraction of sp³-hybridized carbons (Fsp3) is 0.310. The van der Waals surface area contributed by atoms with Crippen molar-refractivity contribution in [2.45, 2.75) is 51.6 Å². The highest BCUT2D eigenvalue weighted by Crippen LogP contribution is 2.55. The zero-order chi connectivity index (χ0) is 21.8. The zero-order valence-electron chi connectivity index (χ0n) is 19.1. The van der Waals surface area contributed by atoms with E-state index in [0.29, 0.717) is 0 Å². The lowest BCUT2D eigenvalue weighted by molar-refractivity contribution is -0.00000851. The quantitative estimate of drug-likeness (QED) is 0.225. The molecule has 0 fully saturated rings. The molecule has 0 aromatic heterocycles. The van der Waals surface area contributed by atoms with Crippen molar-refractivity contribution in [3.63, 3.8) is 0 Å². The molecule has 170 valence electrons. The van der Waals surface area contributed by atoms with Crippen molar-refractivity contribution in [1.29, 1.82) is 0 Å². The van der Waals surface area contributed by atoms with E-state index in [2.05, 4.69) is 110 Å². The molecule has 0 aliphatic heterocycles. The second-order valence-corrected chi connectivity index (χ2v) is 11.7. The lowest BCUT2D eigenvalue weighted by Gasteiger charge is -2.26. The van der Waals surface area contributed by atoms with Gasteiger partial charge < -0.3 is 22.1 Å². The third-order valence-corrected chi connectivity index (χ3v) is 10.2. The molecule has 0 spiro atoms. The van der Waals surface area contributed by atoms with E-state index in [1.54, 1.807) is 0 Å². The van der Waals surface area contributed by atoms with Gasteiger partial charge in [-0.25, -0.2) is 0 Å². The van der Waals surface area contributed by atoms with Crippen LogP contribution in [0, 0.1) is 0 Å². The molecule has 3 aromatic rings. The van der Waals surface area contributed by atoms with E-state index in [-0.39, 0.29) is 23.1 Å². The summed E-state index contributed by atoms with van der Waals surface area (Å²) in [4.78, 5) is 0. The summed E-state index contributed by atoms with van der Waals surface area (Å²) in [6.45, 7) is 2.22. The smallest absolute Gasteiger partial charge is 0.115 e. The molecule has 0 aliphatic carbocycles. The average molecular weight is 511 g/mol. The highest BCUT2D eigenvalue weighted by molar-refractivity contribution is 7.95. The molecule has 0 radical (unpaired) electrons. The number of hydrogen-bond acceptors (Lipinski definition) is 1. The van der Waals surface area contributed by atoms with Gasteiger partial charge in [-0.1, -0.05) is 99.4 Å². The van der Waals surface area contributed by atoms with Gasteiger partial charge in [-0.2, -0.15) is 0 Å². The summed E-state index contributed by atoms with van der Waals surface area (Å²) in [6.07, 6.45) is 11.7. The van der Waals surface area contributed by atoms with Crippen LogP contribution in [0.4, 0.5) is 0 Å². The van der Waals surface area contributed by atoms with Crippen molar-refractivity contribution >= 4 is 23.2 Å². The molecule has 3 heteroatoms. The molecule has 0 saturated carbocycles. The van der Waals surface area contributed by atoms with Crippen LogP contribution < -0.4 is 32.9 Å². The number of benzene rings is 3. The SMILES string of the molecule is CCCCCC[C@@H](O)CC=CC[P+](c1ccccc1)(c1ccccc1)c1ccccc1.[Br-]. The molecule has 1 N–H and O–H groups in total. The molecule has 0 heterocycles. The second-order valence-electron chi connectivity index (χ2n) is 8.21. The Morgan fingerprint density at radius 1 is 0.688 bits per heavy atom. The molecule has 3 aromatic carbocycles. The van der Waals surface area contributed by atoms with Crippen molar-refractivity contribution in [1.82, 2.24) is 0 Å². The fourth-order valence-corrected chi connectivity index (χ4v) is 8.26. The predicted octanol–water partition coefficient (Wildman–Crippen LogP) is 3.26. The van der Waals surface area contributed by atoms with Crippen LogP contribution in [0.5, 0.6) is 0 Å². The third-order valence-electron chi connectivity index (χ3n) is 5.94. The van der Waals surface area contributed by atoms with Gasteiger partial charge in [0.2, 0.25) is 0 Å². The van der Waals surface area contributed by atoms with Crippen LogP contribution in [0.2, 0.25) is 0 Å². The van der Waals surface area contributed by atoms with Crippen LogP contribution in [-0.4, -0.2) is 17.4 Å². The minimum absolute atomic E-state index is 0. The third kappa shape index (κ3) is 7.14. The minimum Gasteiger partial charge on any atom is -1.00 e. The van der Waals surface area contributed by atoms with Crippen LogP contribution in [0.3, 0.4) is 0 Å². The van der Waals surface area contributed by atoms with Gasteiger partial charge in [0.25, 0.3) is 0 Å². The van der Waals surface area contributed by atoms with Gasteiger partial charge in [-0.05, 0) is 49.2 Å². The van der Waals surface area contributed by atoms with Gasteiger partial charge in [-0.15, -0.1) is 0 Å². The summed E-state index contributed by atoms with van der Waals surface area (Å²) in [5.41, 5.74) is 0. The summed E-state index contributed by atoms with van der Waals surface area (Å²) in [7, 11) is -1.81. The van der Waals surface area contributed by atoms with Crippen LogP contribution >= 0.6 is 7.26 Å². The highest BCUT2D eigenvalue weighted by atomic mass is 79.9. The van der Waals surface area contributed by atoms with Crippen LogP contribution in [0.15, 0.2) is 103 Å². The van der Waals surface area contributed by atoms with E-state index in [9.17, 15) is 5.11 Å². The Labute approximate surface area is 205 Å². The summed E-state index contributed by atoms with van der Waals surface area (Å²) in [5, 5.41) is 14.6. The van der Waals surface area contributed by atoms with Gasteiger partial charge >= 0.3 is 0 Å². The molecule has 1 atom stereocenters. The maximum atomic E-state index is 10.4. The molecule has 0 saturated heterocycles. The van der Waals surface area contributed by atoms with Crippen molar-refractivity contribution in [2.75, 3.05) is 6.16 Å². The van der Waals surface area contributed by atoms with E-state index in [1.165, 1.54) is 35.2 Å². The first-order chi connectivity index (χ1) is 15.3. The molecule has 0 unspecified atom stereocenters. The van der Waals surface area contributed by atoms with Crippen LogP contribution in [0.25, 0.3) is 0 Å². The van der Waals surface area contributed by atoms with Crippen molar-refractivity contribution in [3.05, 3.63) is 103 Å². The van der Waals surface area contributed by atoms with Crippen LogP contribution in [-0.2, 0) is 0 Å². The number of allylic oxidation sites excluding steroid dienone is 1. The molecule has 1 nitrogen and oxygen atoms in total. The maximum Gasteiger partial charge on any atom is 0.115 e. The van der Waals surface area contributed by atoms with Gasteiger partial charge in [0.05, 0.1) is 12.3 Å². The van der Waals surface area contributed by atoms with Crippen molar-refractivity contribution in [2.24, 2.45) is 0 Å². The number of aliphatic hydroxyl groups is 1. The van der Waals surface area contributed by atoms with E-state index < -0.39 is 7.26 Å². The second kappa shape index (κ2) is 14.4. The van der Waals surface area contributed by atoms with Crippen molar-refractivity contribution in [3.8, 4) is 0 Å². The lowest BCUT2D eigenvalue weighted by atomic mass is 10.1.